The predicted octanol–water partition coefficient (Wildman–Crippen LogP) is 4.95. The van der Waals surface area contributed by atoms with Gasteiger partial charge in [-0.1, -0.05) is 0 Å². The van der Waals surface area contributed by atoms with Crippen molar-refractivity contribution in [1.29, 1.82) is 0 Å². The van der Waals surface area contributed by atoms with Crippen molar-refractivity contribution >= 4 is 11.0 Å². The summed E-state index contributed by atoms with van der Waals surface area (Å²) >= 11 is 0. The predicted molar refractivity (Wildman–Crippen MR) is 90.9 cm³/mol. The molecule has 2 aromatic carbocycles. The zero-order valence-electron chi connectivity index (χ0n) is 13.6. The number of aromatic nitrogens is 3. The number of benzene rings is 2. The Kier molecular flexibility index (Phi) is 3.83. The standard InChI is InChI=1S/C19H11F4N3O/c20-12-3-5-13(6-4-12)26-18-15(10-24-26)16(19(21,22)23)9-17(25-18)11-1-7-14(27)8-2-11/h1-10,27H. The van der Waals surface area contributed by atoms with Crippen molar-refractivity contribution in [1.82, 2.24) is 14.8 Å². The first-order valence-electron chi connectivity index (χ1n) is 7.84. The number of hydrogen-bond acceptors (Lipinski definition) is 3. The van der Waals surface area contributed by atoms with Crippen LogP contribution in [0.4, 0.5) is 17.6 Å². The number of fused-ring (bicyclic) bond motifs is 1. The van der Waals surface area contributed by atoms with Crippen molar-refractivity contribution in [3.05, 3.63) is 72.2 Å². The summed E-state index contributed by atoms with van der Waals surface area (Å²) < 4.78 is 55.2. The topological polar surface area (TPSA) is 50.9 Å². The lowest BCUT2D eigenvalue weighted by atomic mass is 10.1. The third-order valence-corrected chi connectivity index (χ3v) is 4.08. The van der Waals surface area contributed by atoms with E-state index in [0.717, 1.165) is 12.3 Å². The molecule has 4 aromatic rings. The zero-order valence-corrected chi connectivity index (χ0v) is 13.6. The van der Waals surface area contributed by atoms with E-state index in [2.05, 4.69) is 10.1 Å². The molecule has 0 atom stereocenters. The van der Waals surface area contributed by atoms with Crippen molar-refractivity contribution < 1.29 is 22.7 Å². The molecule has 0 aliphatic rings. The molecule has 27 heavy (non-hydrogen) atoms. The minimum Gasteiger partial charge on any atom is -0.508 e. The van der Waals surface area contributed by atoms with Crippen molar-refractivity contribution in [2.75, 3.05) is 0 Å². The number of phenols is 1. The second-order valence-corrected chi connectivity index (χ2v) is 5.87. The molecule has 0 amide bonds. The van der Waals surface area contributed by atoms with E-state index in [9.17, 15) is 22.7 Å². The summed E-state index contributed by atoms with van der Waals surface area (Å²) in [6, 6.07) is 11.8. The molecule has 0 bridgehead atoms. The maximum Gasteiger partial charge on any atom is 0.417 e. The fourth-order valence-corrected chi connectivity index (χ4v) is 2.79. The first-order valence-corrected chi connectivity index (χ1v) is 7.84. The maximum atomic E-state index is 13.6. The molecule has 0 radical (unpaired) electrons. The van der Waals surface area contributed by atoms with Gasteiger partial charge in [0, 0.05) is 5.56 Å². The molecule has 0 aliphatic carbocycles. The van der Waals surface area contributed by atoms with Gasteiger partial charge in [-0.05, 0) is 54.6 Å². The van der Waals surface area contributed by atoms with Gasteiger partial charge in [0.1, 0.15) is 11.6 Å². The molecular formula is C19H11F4N3O. The Morgan fingerprint density at radius 3 is 2.22 bits per heavy atom. The van der Waals surface area contributed by atoms with E-state index < -0.39 is 17.6 Å². The van der Waals surface area contributed by atoms with Crippen LogP contribution in [0.25, 0.3) is 28.0 Å². The summed E-state index contributed by atoms with van der Waals surface area (Å²) in [6.45, 7) is 0. The number of aromatic hydroxyl groups is 1. The molecule has 2 heterocycles. The number of phenolic OH excluding ortho intramolecular Hbond substituents is 1. The average molecular weight is 373 g/mol. The van der Waals surface area contributed by atoms with E-state index in [1.165, 1.54) is 53.2 Å². The van der Waals surface area contributed by atoms with E-state index >= 15 is 0 Å². The van der Waals surface area contributed by atoms with Crippen LogP contribution in [0.1, 0.15) is 5.56 Å². The van der Waals surface area contributed by atoms with Crippen LogP contribution in [0.15, 0.2) is 60.8 Å². The quantitative estimate of drug-likeness (QED) is 0.506. The van der Waals surface area contributed by atoms with Crippen LogP contribution < -0.4 is 0 Å². The van der Waals surface area contributed by atoms with Gasteiger partial charge in [-0.2, -0.15) is 18.3 Å². The third-order valence-electron chi connectivity index (χ3n) is 4.08. The second kappa shape index (κ2) is 6.08. The highest BCUT2D eigenvalue weighted by Gasteiger charge is 2.34. The minimum absolute atomic E-state index is 0.000455. The lowest BCUT2D eigenvalue weighted by Crippen LogP contribution is -2.07. The number of hydrogen-bond donors (Lipinski definition) is 1. The van der Waals surface area contributed by atoms with Gasteiger partial charge in [0.25, 0.3) is 0 Å². The van der Waals surface area contributed by atoms with E-state index in [1.54, 1.807) is 0 Å². The van der Waals surface area contributed by atoms with E-state index in [0.29, 0.717) is 11.3 Å². The van der Waals surface area contributed by atoms with Crippen molar-refractivity contribution in [3.63, 3.8) is 0 Å². The fraction of sp³-hybridized carbons (Fsp3) is 0.0526. The highest BCUT2D eigenvalue weighted by Crippen LogP contribution is 2.37. The highest BCUT2D eigenvalue weighted by atomic mass is 19.4. The fourth-order valence-electron chi connectivity index (χ4n) is 2.79. The first kappa shape index (κ1) is 17.0. The smallest absolute Gasteiger partial charge is 0.417 e. The molecular weight excluding hydrogens is 362 g/mol. The normalized spacial score (nSPS) is 11.9. The highest BCUT2D eigenvalue weighted by molar-refractivity contribution is 5.84. The van der Waals surface area contributed by atoms with Gasteiger partial charge in [-0.25, -0.2) is 14.1 Å². The van der Waals surface area contributed by atoms with Crippen molar-refractivity contribution in [2.24, 2.45) is 0 Å². The number of pyridine rings is 1. The van der Waals surface area contributed by atoms with Crippen LogP contribution in [-0.4, -0.2) is 19.9 Å². The molecule has 0 saturated heterocycles. The van der Waals surface area contributed by atoms with Crippen LogP contribution in [0.3, 0.4) is 0 Å². The van der Waals surface area contributed by atoms with Gasteiger partial charge in [-0.15, -0.1) is 0 Å². The second-order valence-electron chi connectivity index (χ2n) is 5.87. The minimum atomic E-state index is -4.61. The summed E-state index contributed by atoms with van der Waals surface area (Å²) in [4.78, 5) is 4.33. The van der Waals surface area contributed by atoms with Crippen LogP contribution >= 0.6 is 0 Å². The number of alkyl halides is 3. The summed E-state index contributed by atoms with van der Waals surface area (Å²) in [5, 5.41) is 13.2. The molecule has 0 saturated carbocycles. The monoisotopic (exact) mass is 373 g/mol. The Morgan fingerprint density at radius 1 is 0.926 bits per heavy atom. The number of halogens is 4. The van der Waals surface area contributed by atoms with Crippen molar-refractivity contribution in [2.45, 2.75) is 6.18 Å². The van der Waals surface area contributed by atoms with Gasteiger partial charge in [-0.3, -0.25) is 0 Å². The molecule has 0 spiro atoms. The van der Waals surface area contributed by atoms with Crippen LogP contribution in [0.5, 0.6) is 5.75 Å². The van der Waals surface area contributed by atoms with E-state index in [1.807, 2.05) is 0 Å². The van der Waals surface area contributed by atoms with Gasteiger partial charge >= 0.3 is 6.18 Å². The molecule has 0 unspecified atom stereocenters. The Morgan fingerprint density at radius 2 is 1.59 bits per heavy atom. The van der Waals surface area contributed by atoms with Gasteiger partial charge in [0.2, 0.25) is 0 Å². The molecule has 136 valence electrons. The summed E-state index contributed by atoms with van der Waals surface area (Å²) in [6.07, 6.45) is -3.52. The lowest BCUT2D eigenvalue weighted by Gasteiger charge is -2.11. The van der Waals surface area contributed by atoms with Gasteiger partial charge in [0.05, 0.1) is 28.5 Å². The molecule has 1 N–H and O–H groups in total. The first-order chi connectivity index (χ1) is 12.8. The van der Waals surface area contributed by atoms with Gasteiger partial charge < -0.3 is 5.11 Å². The largest absolute Gasteiger partial charge is 0.508 e. The summed E-state index contributed by atoms with van der Waals surface area (Å²) in [5.74, 6) is -0.476. The summed E-state index contributed by atoms with van der Waals surface area (Å²) in [5.41, 5.74) is 0.00377. The van der Waals surface area contributed by atoms with Crippen LogP contribution in [0.2, 0.25) is 0 Å². The lowest BCUT2D eigenvalue weighted by molar-refractivity contribution is -0.136. The Balaban J connectivity index is 1.99. The maximum absolute atomic E-state index is 13.6. The molecule has 8 heteroatoms. The van der Waals surface area contributed by atoms with Gasteiger partial charge in [0.15, 0.2) is 5.65 Å². The molecule has 0 aliphatic heterocycles. The number of rotatable bonds is 2. The van der Waals surface area contributed by atoms with E-state index in [4.69, 9.17) is 0 Å². The Hall–Kier alpha value is -3.42. The Bertz CT molecular complexity index is 1120. The molecule has 2 aromatic heterocycles. The van der Waals surface area contributed by atoms with E-state index in [-0.39, 0.29) is 22.5 Å². The van der Waals surface area contributed by atoms with Crippen LogP contribution in [0, 0.1) is 5.82 Å². The van der Waals surface area contributed by atoms with Crippen molar-refractivity contribution in [3.8, 4) is 22.7 Å². The zero-order chi connectivity index (χ0) is 19.2. The SMILES string of the molecule is Oc1ccc(-c2cc(C(F)(F)F)c3cnn(-c4ccc(F)cc4)c3n2)cc1. The third kappa shape index (κ3) is 3.10. The molecule has 4 nitrogen and oxygen atoms in total. The average Bonchev–Trinajstić information content (AvgIpc) is 3.05. The molecule has 0 fully saturated rings. The van der Waals surface area contributed by atoms with Crippen LogP contribution in [-0.2, 0) is 6.18 Å². The Labute approximate surface area is 150 Å². The summed E-state index contributed by atoms with van der Waals surface area (Å²) in [7, 11) is 0. The number of nitrogens with zero attached hydrogens (tertiary/aromatic N) is 3. The molecule has 4 rings (SSSR count).